The Morgan fingerprint density at radius 2 is 2.05 bits per heavy atom. The molecule has 1 aromatic rings. The topological polar surface area (TPSA) is 74.4 Å². The Kier molecular flexibility index (Phi) is 5.21. The lowest BCUT2D eigenvalue weighted by Crippen LogP contribution is -2.18. The van der Waals surface area contributed by atoms with E-state index in [2.05, 4.69) is 4.98 Å². The van der Waals surface area contributed by atoms with E-state index in [0.29, 0.717) is 18.1 Å². The molecule has 2 N–H and O–H groups in total. The monoisotopic (exact) mass is 278 g/mol. The lowest BCUT2D eigenvalue weighted by atomic mass is 10.1. The van der Waals surface area contributed by atoms with Crippen molar-refractivity contribution in [2.75, 3.05) is 12.3 Å². The van der Waals surface area contributed by atoms with Crippen molar-refractivity contribution in [1.29, 1.82) is 0 Å². The molecule has 5 heteroatoms. The number of aromatic nitrogens is 1. The largest absolute Gasteiger partial charge is 0.473 e. The highest BCUT2D eigenvalue weighted by Crippen LogP contribution is 2.27. The van der Waals surface area contributed by atoms with E-state index in [1.54, 1.807) is 13.0 Å². The van der Waals surface area contributed by atoms with Gasteiger partial charge in [0.1, 0.15) is 11.8 Å². The summed E-state index contributed by atoms with van der Waals surface area (Å²) in [6.45, 7) is 2.08. The number of anilines is 1. The molecule has 110 valence electrons. The molecule has 0 saturated heterocycles. The van der Waals surface area contributed by atoms with Gasteiger partial charge in [-0.1, -0.05) is 12.8 Å². The summed E-state index contributed by atoms with van der Waals surface area (Å²) >= 11 is 0. The summed E-state index contributed by atoms with van der Waals surface area (Å²) in [6.07, 6.45) is 8.57. The zero-order chi connectivity index (χ0) is 14.4. The van der Waals surface area contributed by atoms with Crippen LogP contribution in [0, 0.1) is 0 Å². The molecule has 0 aromatic carbocycles. The Hall–Kier alpha value is -1.78. The standard InChI is InChI=1S/C15H22N2O3/c1-2-19-15(18)12-9-10-17-14(13(12)16)20-11-7-5-3-4-6-8-11/h9-11H,2-8,16H2,1H3. The van der Waals surface area contributed by atoms with E-state index in [-0.39, 0.29) is 11.8 Å². The van der Waals surface area contributed by atoms with Crippen molar-refractivity contribution in [3.05, 3.63) is 17.8 Å². The molecule has 1 fully saturated rings. The van der Waals surface area contributed by atoms with Crippen molar-refractivity contribution in [3.63, 3.8) is 0 Å². The molecule has 20 heavy (non-hydrogen) atoms. The molecule has 5 nitrogen and oxygen atoms in total. The maximum Gasteiger partial charge on any atom is 0.340 e. The van der Waals surface area contributed by atoms with E-state index < -0.39 is 5.97 Å². The second kappa shape index (κ2) is 7.12. The van der Waals surface area contributed by atoms with Gasteiger partial charge in [-0.2, -0.15) is 0 Å². The van der Waals surface area contributed by atoms with Crippen LogP contribution in [0.1, 0.15) is 55.8 Å². The lowest BCUT2D eigenvalue weighted by Gasteiger charge is -2.18. The predicted molar refractivity (Wildman–Crippen MR) is 76.7 cm³/mol. The maximum absolute atomic E-state index is 11.8. The summed E-state index contributed by atoms with van der Waals surface area (Å²) < 4.78 is 10.9. The van der Waals surface area contributed by atoms with Crippen molar-refractivity contribution in [2.45, 2.75) is 51.6 Å². The average molecular weight is 278 g/mol. The SMILES string of the molecule is CCOC(=O)c1ccnc(OC2CCCCCC2)c1N. The highest BCUT2D eigenvalue weighted by atomic mass is 16.5. The first-order valence-corrected chi connectivity index (χ1v) is 7.30. The number of carbonyl (C=O) groups is 1. The smallest absolute Gasteiger partial charge is 0.340 e. The number of esters is 1. The number of rotatable bonds is 4. The number of nitrogens with two attached hydrogens (primary N) is 1. The van der Waals surface area contributed by atoms with Crippen LogP contribution >= 0.6 is 0 Å². The van der Waals surface area contributed by atoms with Crippen LogP contribution in [0.25, 0.3) is 0 Å². The van der Waals surface area contributed by atoms with E-state index >= 15 is 0 Å². The Morgan fingerprint density at radius 1 is 1.35 bits per heavy atom. The minimum Gasteiger partial charge on any atom is -0.473 e. The van der Waals surface area contributed by atoms with Crippen LogP contribution in [0.2, 0.25) is 0 Å². The van der Waals surface area contributed by atoms with Gasteiger partial charge in [-0.05, 0) is 38.7 Å². The third-order valence-corrected chi connectivity index (χ3v) is 3.53. The van der Waals surface area contributed by atoms with Gasteiger partial charge in [0.15, 0.2) is 0 Å². The second-order valence-corrected chi connectivity index (χ2v) is 5.03. The molecule has 0 bridgehead atoms. The van der Waals surface area contributed by atoms with Crippen molar-refractivity contribution in [3.8, 4) is 5.88 Å². The average Bonchev–Trinajstić information content (AvgIpc) is 2.70. The number of hydrogen-bond donors (Lipinski definition) is 1. The molecule has 2 rings (SSSR count). The molecular formula is C15H22N2O3. The molecule has 1 aliphatic carbocycles. The van der Waals surface area contributed by atoms with Gasteiger partial charge in [0, 0.05) is 6.20 Å². The van der Waals surface area contributed by atoms with Gasteiger partial charge in [-0.15, -0.1) is 0 Å². The van der Waals surface area contributed by atoms with E-state index in [4.69, 9.17) is 15.2 Å². The van der Waals surface area contributed by atoms with Crippen LogP contribution in [-0.2, 0) is 4.74 Å². The molecule has 0 atom stereocenters. The molecular weight excluding hydrogens is 256 g/mol. The van der Waals surface area contributed by atoms with Crippen LogP contribution in [0.15, 0.2) is 12.3 Å². The van der Waals surface area contributed by atoms with E-state index in [0.717, 1.165) is 12.8 Å². The number of ether oxygens (including phenoxy) is 2. The highest BCUT2D eigenvalue weighted by molar-refractivity contribution is 5.96. The maximum atomic E-state index is 11.8. The number of carbonyl (C=O) groups excluding carboxylic acids is 1. The van der Waals surface area contributed by atoms with Gasteiger partial charge in [0.25, 0.3) is 0 Å². The fraction of sp³-hybridized carbons (Fsp3) is 0.600. The number of nitrogen functional groups attached to an aromatic ring is 1. The Morgan fingerprint density at radius 3 is 2.70 bits per heavy atom. The summed E-state index contributed by atoms with van der Waals surface area (Å²) in [5.41, 5.74) is 6.58. The van der Waals surface area contributed by atoms with Crippen molar-refractivity contribution in [1.82, 2.24) is 4.98 Å². The molecule has 1 aliphatic rings. The van der Waals surface area contributed by atoms with Crippen molar-refractivity contribution in [2.24, 2.45) is 0 Å². The van der Waals surface area contributed by atoms with Crippen LogP contribution in [0.5, 0.6) is 5.88 Å². The lowest BCUT2D eigenvalue weighted by molar-refractivity contribution is 0.0526. The third kappa shape index (κ3) is 3.62. The zero-order valence-electron chi connectivity index (χ0n) is 11.9. The molecule has 1 saturated carbocycles. The first-order valence-electron chi connectivity index (χ1n) is 7.30. The molecule has 0 radical (unpaired) electrons. The summed E-state index contributed by atoms with van der Waals surface area (Å²) in [4.78, 5) is 15.9. The molecule has 1 aromatic heterocycles. The molecule has 0 unspecified atom stereocenters. The Balaban J connectivity index is 2.11. The van der Waals surface area contributed by atoms with Crippen molar-refractivity contribution >= 4 is 11.7 Å². The predicted octanol–water partition coefficient (Wildman–Crippen LogP) is 2.94. The summed E-state index contributed by atoms with van der Waals surface area (Å²) in [7, 11) is 0. The normalized spacial score (nSPS) is 16.4. The summed E-state index contributed by atoms with van der Waals surface area (Å²) in [5, 5.41) is 0. The minimum absolute atomic E-state index is 0.143. The number of nitrogens with zero attached hydrogens (tertiary/aromatic N) is 1. The van der Waals surface area contributed by atoms with Gasteiger partial charge in [-0.25, -0.2) is 9.78 Å². The Labute approximate surface area is 119 Å². The molecule has 0 amide bonds. The van der Waals surface area contributed by atoms with E-state index in [9.17, 15) is 4.79 Å². The summed E-state index contributed by atoms with van der Waals surface area (Å²) in [6, 6.07) is 1.56. The Bertz CT molecular complexity index is 454. The van der Waals surface area contributed by atoms with Gasteiger partial charge in [0.05, 0.1) is 12.2 Å². The first kappa shape index (κ1) is 14.6. The van der Waals surface area contributed by atoms with Crippen LogP contribution in [0.3, 0.4) is 0 Å². The summed E-state index contributed by atoms with van der Waals surface area (Å²) in [5.74, 6) is -0.0828. The fourth-order valence-corrected chi connectivity index (χ4v) is 2.45. The second-order valence-electron chi connectivity index (χ2n) is 5.03. The van der Waals surface area contributed by atoms with E-state index in [1.807, 2.05) is 0 Å². The third-order valence-electron chi connectivity index (χ3n) is 3.53. The van der Waals surface area contributed by atoms with Gasteiger partial charge in [0.2, 0.25) is 5.88 Å². The molecule has 1 heterocycles. The molecule has 0 aliphatic heterocycles. The van der Waals surface area contributed by atoms with Gasteiger partial charge in [-0.3, -0.25) is 0 Å². The van der Waals surface area contributed by atoms with Crippen LogP contribution < -0.4 is 10.5 Å². The minimum atomic E-state index is -0.432. The molecule has 0 spiro atoms. The van der Waals surface area contributed by atoms with Crippen molar-refractivity contribution < 1.29 is 14.3 Å². The zero-order valence-corrected chi connectivity index (χ0v) is 11.9. The van der Waals surface area contributed by atoms with Crippen LogP contribution in [-0.4, -0.2) is 23.7 Å². The number of hydrogen-bond acceptors (Lipinski definition) is 5. The van der Waals surface area contributed by atoms with Gasteiger partial charge >= 0.3 is 5.97 Å². The van der Waals surface area contributed by atoms with E-state index in [1.165, 1.54) is 31.9 Å². The fourth-order valence-electron chi connectivity index (χ4n) is 2.45. The van der Waals surface area contributed by atoms with Gasteiger partial charge < -0.3 is 15.2 Å². The first-order chi connectivity index (χ1) is 9.72. The number of pyridine rings is 1. The quantitative estimate of drug-likeness (QED) is 0.677. The van der Waals surface area contributed by atoms with Crippen LogP contribution in [0.4, 0.5) is 5.69 Å². The highest BCUT2D eigenvalue weighted by Gasteiger charge is 2.19.